The van der Waals surface area contributed by atoms with Crippen LogP contribution in [0, 0.1) is 11.8 Å². The van der Waals surface area contributed by atoms with E-state index in [4.69, 9.17) is 9.78 Å². The fourth-order valence-corrected chi connectivity index (χ4v) is 2.64. The minimum Gasteiger partial charge on any atom is -0.233 e. The number of rotatable bonds is 3. The van der Waals surface area contributed by atoms with Crippen LogP contribution in [-0.2, 0) is 9.78 Å². The van der Waals surface area contributed by atoms with Crippen molar-refractivity contribution in [2.75, 3.05) is 0 Å². The van der Waals surface area contributed by atoms with E-state index in [0.29, 0.717) is 12.2 Å². The molecule has 0 heterocycles. The van der Waals surface area contributed by atoms with Crippen molar-refractivity contribution in [3.8, 4) is 0 Å². The molecule has 4 atom stereocenters. The standard InChI is InChI=1S/C12H22O2/c1-9-3-5-11(7-9)13-14-12-6-4-10(2)8-12/h9-12H,3-8H2,1-2H3. The van der Waals surface area contributed by atoms with E-state index in [9.17, 15) is 0 Å². The average molecular weight is 198 g/mol. The molecule has 0 saturated heterocycles. The van der Waals surface area contributed by atoms with Gasteiger partial charge in [-0.2, -0.15) is 0 Å². The highest BCUT2D eigenvalue weighted by atomic mass is 17.2. The lowest BCUT2D eigenvalue weighted by Gasteiger charge is -2.14. The molecule has 0 spiro atoms. The lowest BCUT2D eigenvalue weighted by molar-refractivity contribution is -0.348. The smallest absolute Gasteiger partial charge is 0.0932 e. The molecule has 0 aromatic heterocycles. The second-order valence-corrected chi connectivity index (χ2v) is 5.27. The summed E-state index contributed by atoms with van der Waals surface area (Å²) in [4.78, 5) is 11.0. The van der Waals surface area contributed by atoms with Gasteiger partial charge >= 0.3 is 0 Å². The van der Waals surface area contributed by atoms with Gasteiger partial charge in [-0.3, -0.25) is 0 Å². The molecule has 0 N–H and O–H groups in total. The predicted molar refractivity (Wildman–Crippen MR) is 55.8 cm³/mol. The van der Waals surface area contributed by atoms with Gasteiger partial charge in [0.25, 0.3) is 0 Å². The summed E-state index contributed by atoms with van der Waals surface area (Å²) >= 11 is 0. The van der Waals surface area contributed by atoms with Gasteiger partial charge in [-0.1, -0.05) is 13.8 Å². The zero-order valence-corrected chi connectivity index (χ0v) is 9.37. The second kappa shape index (κ2) is 4.63. The Morgan fingerprint density at radius 3 is 1.43 bits per heavy atom. The first-order valence-electron chi connectivity index (χ1n) is 6.06. The van der Waals surface area contributed by atoms with Gasteiger partial charge in [0, 0.05) is 0 Å². The zero-order chi connectivity index (χ0) is 9.97. The topological polar surface area (TPSA) is 18.5 Å². The molecule has 0 aliphatic heterocycles. The van der Waals surface area contributed by atoms with Crippen molar-refractivity contribution in [2.24, 2.45) is 11.8 Å². The summed E-state index contributed by atoms with van der Waals surface area (Å²) in [6.45, 7) is 4.59. The van der Waals surface area contributed by atoms with E-state index in [1.807, 2.05) is 0 Å². The van der Waals surface area contributed by atoms with E-state index in [1.54, 1.807) is 0 Å². The first kappa shape index (κ1) is 10.4. The molecule has 0 aromatic rings. The molecule has 0 amide bonds. The molecule has 14 heavy (non-hydrogen) atoms. The molecule has 82 valence electrons. The van der Waals surface area contributed by atoms with Crippen molar-refractivity contribution >= 4 is 0 Å². The Morgan fingerprint density at radius 1 is 0.714 bits per heavy atom. The minimum absolute atomic E-state index is 0.376. The van der Waals surface area contributed by atoms with Crippen LogP contribution < -0.4 is 0 Å². The van der Waals surface area contributed by atoms with E-state index in [2.05, 4.69) is 13.8 Å². The molecule has 2 aliphatic carbocycles. The van der Waals surface area contributed by atoms with Gasteiger partial charge < -0.3 is 0 Å². The first-order valence-corrected chi connectivity index (χ1v) is 6.06. The van der Waals surface area contributed by atoms with Gasteiger partial charge in [0.15, 0.2) is 0 Å². The van der Waals surface area contributed by atoms with Crippen LogP contribution in [0.4, 0.5) is 0 Å². The molecular formula is C12H22O2. The predicted octanol–water partition coefficient (Wildman–Crippen LogP) is 3.31. The van der Waals surface area contributed by atoms with Crippen LogP contribution in [0.3, 0.4) is 0 Å². The highest BCUT2D eigenvalue weighted by Gasteiger charge is 2.27. The van der Waals surface area contributed by atoms with E-state index in [0.717, 1.165) is 11.8 Å². The Balaban J connectivity index is 1.63. The molecule has 0 aromatic carbocycles. The third kappa shape index (κ3) is 2.71. The highest BCUT2D eigenvalue weighted by molar-refractivity contribution is 4.73. The average Bonchev–Trinajstić information content (AvgIpc) is 2.72. The monoisotopic (exact) mass is 198 g/mol. The largest absolute Gasteiger partial charge is 0.233 e. The molecule has 2 heteroatoms. The third-order valence-electron chi connectivity index (χ3n) is 3.62. The van der Waals surface area contributed by atoms with E-state index in [-0.39, 0.29) is 0 Å². The molecule has 2 saturated carbocycles. The minimum atomic E-state index is 0.376. The maximum Gasteiger partial charge on any atom is 0.0932 e. The normalized spacial score (nSPS) is 43.3. The van der Waals surface area contributed by atoms with E-state index in [1.165, 1.54) is 38.5 Å². The Bertz CT molecular complexity index is 161. The Kier molecular flexibility index (Phi) is 3.45. The summed E-state index contributed by atoms with van der Waals surface area (Å²) in [5, 5.41) is 0. The van der Waals surface area contributed by atoms with Gasteiger partial charge in [0.2, 0.25) is 0 Å². The SMILES string of the molecule is CC1CCC(OOC2CCC(C)C2)C1. The second-order valence-electron chi connectivity index (χ2n) is 5.27. The van der Waals surface area contributed by atoms with Gasteiger partial charge in [0.05, 0.1) is 12.2 Å². The van der Waals surface area contributed by atoms with Crippen molar-refractivity contribution in [2.45, 2.75) is 64.6 Å². The summed E-state index contributed by atoms with van der Waals surface area (Å²) in [5.74, 6) is 1.65. The van der Waals surface area contributed by atoms with Crippen molar-refractivity contribution in [3.63, 3.8) is 0 Å². The zero-order valence-electron chi connectivity index (χ0n) is 9.37. The van der Waals surface area contributed by atoms with Crippen molar-refractivity contribution in [1.82, 2.24) is 0 Å². The van der Waals surface area contributed by atoms with Crippen molar-refractivity contribution in [3.05, 3.63) is 0 Å². The van der Waals surface area contributed by atoms with Crippen LogP contribution in [0.1, 0.15) is 52.4 Å². The molecule has 0 bridgehead atoms. The summed E-state index contributed by atoms with van der Waals surface area (Å²) in [6.07, 6.45) is 8.09. The van der Waals surface area contributed by atoms with Crippen LogP contribution in [0.2, 0.25) is 0 Å². The first-order chi connectivity index (χ1) is 6.74. The van der Waals surface area contributed by atoms with E-state index < -0.39 is 0 Å². The van der Waals surface area contributed by atoms with Crippen LogP contribution in [-0.4, -0.2) is 12.2 Å². The van der Waals surface area contributed by atoms with Crippen LogP contribution >= 0.6 is 0 Å². The summed E-state index contributed by atoms with van der Waals surface area (Å²) in [7, 11) is 0. The molecular weight excluding hydrogens is 176 g/mol. The summed E-state index contributed by atoms with van der Waals surface area (Å²) in [6, 6.07) is 0. The molecule has 2 fully saturated rings. The molecule has 2 rings (SSSR count). The summed E-state index contributed by atoms with van der Waals surface area (Å²) < 4.78 is 0. The summed E-state index contributed by atoms with van der Waals surface area (Å²) in [5.41, 5.74) is 0. The van der Waals surface area contributed by atoms with Gasteiger partial charge in [-0.05, 0) is 50.4 Å². The quantitative estimate of drug-likeness (QED) is 0.511. The van der Waals surface area contributed by atoms with Gasteiger partial charge in [-0.25, -0.2) is 9.78 Å². The third-order valence-corrected chi connectivity index (χ3v) is 3.62. The molecule has 4 unspecified atom stereocenters. The van der Waals surface area contributed by atoms with Crippen molar-refractivity contribution < 1.29 is 9.78 Å². The fourth-order valence-electron chi connectivity index (χ4n) is 2.64. The number of hydrogen-bond donors (Lipinski definition) is 0. The maximum atomic E-state index is 5.51. The highest BCUT2D eigenvalue weighted by Crippen LogP contribution is 2.31. The van der Waals surface area contributed by atoms with Gasteiger partial charge in [-0.15, -0.1) is 0 Å². The molecule has 2 nitrogen and oxygen atoms in total. The Hall–Kier alpha value is -0.0800. The van der Waals surface area contributed by atoms with Gasteiger partial charge in [0.1, 0.15) is 0 Å². The number of hydrogen-bond acceptors (Lipinski definition) is 2. The fraction of sp³-hybridized carbons (Fsp3) is 1.00. The van der Waals surface area contributed by atoms with E-state index >= 15 is 0 Å². The molecule has 0 radical (unpaired) electrons. The van der Waals surface area contributed by atoms with Crippen LogP contribution in [0.25, 0.3) is 0 Å². The van der Waals surface area contributed by atoms with Crippen LogP contribution in [0.15, 0.2) is 0 Å². The Labute approximate surface area is 86.9 Å². The lowest BCUT2D eigenvalue weighted by atomic mass is 10.1. The lowest BCUT2D eigenvalue weighted by Crippen LogP contribution is -2.15. The maximum absolute atomic E-state index is 5.51. The molecule has 2 aliphatic rings. The van der Waals surface area contributed by atoms with Crippen LogP contribution in [0.5, 0.6) is 0 Å². The Morgan fingerprint density at radius 2 is 1.14 bits per heavy atom. The van der Waals surface area contributed by atoms with Crippen molar-refractivity contribution in [1.29, 1.82) is 0 Å².